The van der Waals surface area contributed by atoms with E-state index in [9.17, 15) is 0 Å². The van der Waals surface area contributed by atoms with Crippen LogP contribution in [0.2, 0.25) is 0 Å². The fraction of sp³-hybridized carbons (Fsp3) is 0.100. The van der Waals surface area contributed by atoms with Crippen LogP contribution < -0.4 is 4.90 Å². The second-order valence-electron chi connectivity index (χ2n) is 5.28. The quantitative estimate of drug-likeness (QED) is 0.669. The third-order valence-electron chi connectivity index (χ3n) is 3.81. The van der Waals surface area contributed by atoms with Gasteiger partial charge in [-0.3, -0.25) is 0 Å². The summed E-state index contributed by atoms with van der Waals surface area (Å²) in [6.45, 7) is 6.21. The minimum atomic E-state index is 1.05. The zero-order chi connectivity index (χ0) is 14.8. The standard InChI is InChI=1S/C20H19N/c1-4-5-6-10-16-12-17-13-20-18(14-19(16)17)15(2)9-7-8-11-21(20)3/h4-14H,2H2,1,3H3/b5-4-,9-7-,10-6-,11-8-. The second-order valence-corrected chi connectivity index (χ2v) is 5.28. The van der Waals surface area contributed by atoms with E-state index in [-0.39, 0.29) is 0 Å². The number of benzene rings is 1. The number of hydrogen-bond donors (Lipinski definition) is 0. The summed E-state index contributed by atoms with van der Waals surface area (Å²) in [7, 11) is 2.07. The first-order chi connectivity index (χ1) is 10.2. The lowest BCUT2D eigenvalue weighted by Gasteiger charge is -2.26. The lowest BCUT2D eigenvalue weighted by molar-refractivity contribution is 1.19. The predicted octanol–water partition coefficient (Wildman–Crippen LogP) is 5.21. The van der Waals surface area contributed by atoms with Gasteiger partial charge in [0.15, 0.2) is 0 Å². The molecule has 3 rings (SSSR count). The second kappa shape index (κ2) is 5.45. The number of hydrogen-bond acceptors (Lipinski definition) is 1. The van der Waals surface area contributed by atoms with Gasteiger partial charge in [-0.05, 0) is 53.5 Å². The highest BCUT2D eigenvalue weighted by Crippen LogP contribution is 2.40. The average Bonchev–Trinajstić information content (AvgIpc) is 2.46. The van der Waals surface area contributed by atoms with Crippen LogP contribution in [0.4, 0.5) is 5.69 Å². The molecule has 0 saturated carbocycles. The summed E-state index contributed by atoms with van der Waals surface area (Å²) in [5.41, 5.74) is 7.33. The Morgan fingerprint density at radius 2 is 1.95 bits per heavy atom. The monoisotopic (exact) mass is 273 g/mol. The Balaban J connectivity index is 2.03. The molecule has 21 heavy (non-hydrogen) atoms. The molecule has 0 spiro atoms. The van der Waals surface area contributed by atoms with Gasteiger partial charge in [-0.2, -0.15) is 0 Å². The highest BCUT2D eigenvalue weighted by molar-refractivity contribution is 6.03. The van der Waals surface area contributed by atoms with E-state index in [1.54, 1.807) is 0 Å². The molecule has 1 aliphatic carbocycles. The Hall–Kier alpha value is -2.54. The van der Waals surface area contributed by atoms with Gasteiger partial charge < -0.3 is 4.90 Å². The first-order valence-corrected chi connectivity index (χ1v) is 7.17. The number of nitrogens with zero attached hydrogens (tertiary/aromatic N) is 1. The van der Waals surface area contributed by atoms with Gasteiger partial charge in [-0.1, -0.05) is 43.0 Å². The average molecular weight is 273 g/mol. The summed E-state index contributed by atoms with van der Waals surface area (Å²) in [6, 6.07) is 4.49. The molecule has 1 aromatic carbocycles. The lowest BCUT2D eigenvalue weighted by atomic mass is 9.84. The number of rotatable bonds is 2. The van der Waals surface area contributed by atoms with E-state index in [0.29, 0.717) is 0 Å². The van der Waals surface area contributed by atoms with Crippen LogP contribution in [0.25, 0.3) is 17.2 Å². The maximum absolute atomic E-state index is 4.19. The molecular weight excluding hydrogens is 254 g/mol. The van der Waals surface area contributed by atoms with Gasteiger partial charge in [0.1, 0.15) is 0 Å². The molecule has 2 aliphatic rings. The van der Waals surface area contributed by atoms with Crippen molar-refractivity contribution in [3.8, 4) is 0 Å². The molecule has 1 heterocycles. The Kier molecular flexibility index (Phi) is 3.49. The van der Waals surface area contributed by atoms with Crippen LogP contribution in [0.3, 0.4) is 0 Å². The number of fused-ring (bicyclic) bond motifs is 2. The molecule has 0 N–H and O–H groups in total. The molecule has 0 saturated heterocycles. The molecule has 1 heteroatoms. The van der Waals surface area contributed by atoms with E-state index in [0.717, 1.165) is 5.57 Å². The normalized spacial score (nSPS) is 19.6. The minimum Gasteiger partial charge on any atom is -0.351 e. The van der Waals surface area contributed by atoms with Crippen LogP contribution in [0.1, 0.15) is 23.6 Å². The predicted molar refractivity (Wildman–Crippen MR) is 94.0 cm³/mol. The van der Waals surface area contributed by atoms with Crippen LogP contribution in [-0.4, -0.2) is 7.05 Å². The van der Waals surface area contributed by atoms with Gasteiger partial charge in [0.05, 0.1) is 0 Å². The highest BCUT2D eigenvalue weighted by Gasteiger charge is 2.19. The van der Waals surface area contributed by atoms with Gasteiger partial charge in [-0.25, -0.2) is 0 Å². The van der Waals surface area contributed by atoms with Gasteiger partial charge in [-0.15, -0.1) is 0 Å². The fourth-order valence-corrected chi connectivity index (χ4v) is 2.62. The molecule has 0 unspecified atom stereocenters. The Bertz CT molecular complexity index is 739. The number of anilines is 1. The van der Waals surface area contributed by atoms with E-state index in [1.807, 2.05) is 31.2 Å². The SMILES string of the molecule is C=C1/C=C\C=C/N(C)c2cc3c(cc21)C(/C=C\C=C/C)=C3. The van der Waals surface area contributed by atoms with Crippen molar-refractivity contribution in [3.63, 3.8) is 0 Å². The van der Waals surface area contributed by atoms with Gasteiger partial charge in [0.25, 0.3) is 0 Å². The molecule has 104 valence electrons. The van der Waals surface area contributed by atoms with Crippen LogP contribution in [0, 0.1) is 0 Å². The topological polar surface area (TPSA) is 3.24 Å². The molecule has 0 bridgehead atoms. The maximum Gasteiger partial charge on any atom is 0.0489 e. The van der Waals surface area contributed by atoms with Crippen LogP contribution in [0.15, 0.2) is 67.4 Å². The number of allylic oxidation sites excluding steroid dienone is 9. The van der Waals surface area contributed by atoms with E-state index in [2.05, 4.69) is 61.2 Å². The lowest BCUT2D eigenvalue weighted by Crippen LogP contribution is -2.13. The summed E-state index contributed by atoms with van der Waals surface area (Å²) in [4.78, 5) is 2.14. The van der Waals surface area contributed by atoms with Crippen molar-refractivity contribution in [2.45, 2.75) is 6.92 Å². The molecule has 0 amide bonds. The Morgan fingerprint density at radius 3 is 2.76 bits per heavy atom. The smallest absolute Gasteiger partial charge is 0.0489 e. The minimum absolute atomic E-state index is 1.05. The molecule has 1 aliphatic heterocycles. The summed E-state index contributed by atoms with van der Waals surface area (Å²) < 4.78 is 0. The maximum atomic E-state index is 4.19. The van der Waals surface area contributed by atoms with Gasteiger partial charge >= 0.3 is 0 Å². The molecular formula is C20H19N. The van der Waals surface area contributed by atoms with Crippen molar-refractivity contribution in [2.75, 3.05) is 11.9 Å². The van der Waals surface area contributed by atoms with Crippen molar-refractivity contribution >= 4 is 22.9 Å². The van der Waals surface area contributed by atoms with E-state index in [4.69, 9.17) is 0 Å². The summed E-state index contributed by atoms with van der Waals surface area (Å²) in [5.74, 6) is 0. The van der Waals surface area contributed by atoms with Crippen molar-refractivity contribution in [3.05, 3.63) is 84.1 Å². The largest absolute Gasteiger partial charge is 0.351 e. The molecule has 1 nitrogen and oxygen atoms in total. The van der Waals surface area contributed by atoms with Crippen molar-refractivity contribution in [1.82, 2.24) is 0 Å². The van der Waals surface area contributed by atoms with Gasteiger partial charge in [0, 0.05) is 24.5 Å². The highest BCUT2D eigenvalue weighted by atomic mass is 15.1. The molecule has 0 atom stereocenters. The zero-order valence-electron chi connectivity index (χ0n) is 12.5. The first-order valence-electron chi connectivity index (χ1n) is 7.17. The van der Waals surface area contributed by atoms with Crippen molar-refractivity contribution in [1.29, 1.82) is 0 Å². The van der Waals surface area contributed by atoms with E-state index in [1.165, 1.54) is 28.0 Å². The third-order valence-corrected chi connectivity index (χ3v) is 3.81. The molecule has 1 aromatic rings. The fourth-order valence-electron chi connectivity index (χ4n) is 2.62. The molecule has 0 fully saturated rings. The van der Waals surface area contributed by atoms with Crippen LogP contribution in [-0.2, 0) is 0 Å². The zero-order valence-corrected chi connectivity index (χ0v) is 12.5. The third kappa shape index (κ3) is 2.43. The van der Waals surface area contributed by atoms with Crippen LogP contribution >= 0.6 is 0 Å². The summed E-state index contributed by atoms with van der Waals surface area (Å²) in [5, 5.41) is 0. The van der Waals surface area contributed by atoms with E-state index < -0.39 is 0 Å². The molecule has 0 radical (unpaired) electrons. The van der Waals surface area contributed by atoms with Crippen LogP contribution in [0.5, 0.6) is 0 Å². The van der Waals surface area contributed by atoms with E-state index >= 15 is 0 Å². The molecule has 0 aromatic heterocycles. The summed E-state index contributed by atoms with van der Waals surface area (Å²) in [6.07, 6.45) is 18.7. The van der Waals surface area contributed by atoms with Gasteiger partial charge in [0.2, 0.25) is 0 Å². The summed E-state index contributed by atoms with van der Waals surface area (Å²) >= 11 is 0. The van der Waals surface area contributed by atoms with Crippen molar-refractivity contribution < 1.29 is 0 Å². The first kappa shape index (κ1) is 13.4. The van der Waals surface area contributed by atoms with Crippen molar-refractivity contribution in [2.24, 2.45) is 0 Å². The Labute approximate surface area is 126 Å². The Morgan fingerprint density at radius 1 is 1.10 bits per heavy atom.